The fraction of sp³-hybridized carbons (Fsp3) is 0.895. The van der Waals surface area contributed by atoms with E-state index in [0.717, 1.165) is 12.8 Å². The van der Waals surface area contributed by atoms with Crippen molar-refractivity contribution >= 4 is 0 Å². The molecule has 0 radical (unpaired) electrons. The van der Waals surface area contributed by atoms with Gasteiger partial charge in [-0.05, 0) is 24.5 Å². The van der Waals surface area contributed by atoms with Crippen LogP contribution in [0, 0.1) is 0 Å². The molecule has 0 aromatic carbocycles. The number of hydrogen-bond acceptors (Lipinski definition) is 5. The Balaban J connectivity index is 2.95. The second-order valence-electron chi connectivity index (χ2n) is 6.19. The Morgan fingerprint density at radius 2 is 1.08 bits per heavy atom. The highest BCUT2D eigenvalue weighted by Gasteiger charge is 1.95. The van der Waals surface area contributed by atoms with Crippen LogP contribution in [0.1, 0.15) is 104 Å². The van der Waals surface area contributed by atoms with Crippen molar-refractivity contribution in [3.05, 3.63) is 12.3 Å². The second kappa shape index (κ2) is 22.4. The van der Waals surface area contributed by atoms with Crippen molar-refractivity contribution in [2.75, 3.05) is 6.61 Å². The predicted octanol–water partition coefficient (Wildman–Crippen LogP) is 6.74. The summed E-state index contributed by atoms with van der Waals surface area (Å²) in [6.45, 7) is 4.55. The molecule has 0 atom stereocenters. The summed E-state index contributed by atoms with van der Waals surface area (Å²) in [5.74, 6) is 0. The summed E-state index contributed by atoms with van der Waals surface area (Å²) >= 11 is 0. The third-order valence-corrected chi connectivity index (χ3v) is 3.92. The Morgan fingerprint density at radius 1 is 0.583 bits per heavy atom. The summed E-state index contributed by atoms with van der Waals surface area (Å²) in [4.78, 5) is 9.17. The molecule has 5 nitrogen and oxygen atoms in total. The number of allylic oxidation sites excluding steroid dienone is 1. The van der Waals surface area contributed by atoms with Crippen molar-refractivity contribution < 1.29 is 24.9 Å². The van der Waals surface area contributed by atoms with E-state index in [9.17, 15) is 0 Å². The standard InChI is InChI=1S/C19H38O5/c1-3-5-6-7-8-9-10-11-12-13-14-15-16-17-19-21-23-24-22-20-18-4-2/h4,18H,3,5-17,19H2,1-2H3. The fourth-order valence-electron chi connectivity index (χ4n) is 2.51. The van der Waals surface area contributed by atoms with Gasteiger partial charge in [0.1, 0.15) is 6.26 Å². The molecule has 144 valence electrons. The third-order valence-electron chi connectivity index (χ3n) is 3.92. The van der Waals surface area contributed by atoms with Gasteiger partial charge in [0.05, 0.1) is 6.61 Å². The van der Waals surface area contributed by atoms with Crippen molar-refractivity contribution in [1.29, 1.82) is 0 Å². The molecule has 0 aliphatic rings. The molecule has 0 saturated carbocycles. The maximum absolute atomic E-state index is 4.77. The van der Waals surface area contributed by atoms with Gasteiger partial charge in [0.15, 0.2) is 0 Å². The summed E-state index contributed by atoms with van der Waals surface area (Å²) in [6.07, 6.45) is 21.6. The first kappa shape index (κ1) is 23.4. The zero-order chi connectivity index (χ0) is 17.6. The van der Waals surface area contributed by atoms with Gasteiger partial charge >= 0.3 is 0 Å². The Bertz CT molecular complexity index is 246. The Morgan fingerprint density at radius 3 is 1.58 bits per heavy atom. The summed E-state index contributed by atoms with van der Waals surface area (Å²) < 4.78 is 0. The molecule has 0 heterocycles. The lowest BCUT2D eigenvalue weighted by Gasteiger charge is -2.03. The lowest BCUT2D eigenvalue weighted by atomic mass is 10.0. The maximum atomic E-state index is 4.77. The molecule has 24 heavy (non-hydrogen) atoms. The topological polar surface area (TPSA) is 46.2 Å². The zero-order valence-corrected chi connectivity index (χ0v) is 15.8. The Kier molecular flexibility index (Phi) is 21.8. The van der Waals surface area contributed by atoms with Gasteiger partial charge in [-0.2, -0.15) is 0 Å². The van der Waals surface area contributed by atoms with Gasteiger partial charge < -0.3 is 4.89 Å². The van der Waals surface area contributed by atoms with E-state index in [1.54, 1.807) is 13.0 Å². The first-order valence-corrected chi connectivity index (χ1v) is 9.81. The molecule has 0 spiro atoms. The monoisotopic (exact) mass is 346 g/mol. The molecule has 0 aliphatic heterocycles. The molecular formula is C19H38O5. The van der Waals surface area contributed by atoms with E-state index in [-0.39, 0.29) is 0 Å². The van der Waals surface area contributed by atoms with Crippen LogP contribution >= 0.6 is 0 Å². The van der Waals surface area contributed by atoms with Crippen molar-refractivity contribution in [1.82, 2.24) is 0 Å². The molecule has 0 unspecified atom stereocenters. The molecule has 0 aromatic heterocycles. The van der Waals surface area contributed by atoms with Crippen LogP contribution in [0.4, 0.5) is 0 Å². The number of unbranched alkanes of at least 4 members (excludes halogenated alkanes) is 13. The highest BCUT2D eigenvalue weighted by molar-refractivity contribution is 4.62. The fourth-order valence-corrected chi connectivity index (χ4v) is 2.51. The van der Waals surface area contributed by atoms with Crippen molar-refractivity contribution in [2.24, 2.45) is 0 Å². The van der Waals surface area contributed by atoms with Gasteiger partial charge in [-0.3, -0.25) is 0 Å². The summed E-state index contributed by atoms with van der Waals surface area (Å²) in [5.41, 5.74) is 0. The van der Waals surface area contributed by atoms with Gasteiger partial charge in [0.25, 0.3) is 0 Å². The highest BCUT2D eigenvalue weighted by atomic mass is 17.8. The molecule has 5 heteroatoms. The zero-order valence-electron chi connectivity index (χ0n) is 15.8. The molecule has 0 fully saturated rings. The molecule has 0 aliphatic carbocycles. The minimum absolute atomic E-state index is 0.491. The lowest BCUT2D eigenvalue weighted by Crippen LogP contribution is -1.99. The van der Waals surface area contributed by atoms with Gasteiger partial charge in [0.2, 0.25) is 0 Å². The van der Waals surface area contributed by atoms with Crippen molar-refractivity contribution in [3.63, 3.8) is 0 Å². The SMILES string of the molecule is CC=COOOOOCCCCCCCCCCCCCCCC. The van der Waals surface area contributed by atoms with E-state index < -0.39 is 0 Å². The van der Waals surface area contributed by atoms with E-state index >= 15 is 0 Å². The van der Waals surface area contributed by atoms with Crippen molar-refractivity contribution in [2.45, 2.75) is 104 Å². The second-order valence-corrected chi connectivity index (χ2v) is 6.19. The van der Waals surface area contributed by atoms with Crippen LogP contribution in [0.3, 0.4) is 0 Å². The summed E-state index contributed by atoms with van der Waals surface area (Å²) in [5, 5.41) is 12.6. The van der Waals surface area contributed by atoms with E-state index in [1.807, 2.05) is 0 Å². The molecule has 0 aromatic rings. The minimum atomic E-state index is 0.491. The largest absolute Gasteiger partial charge is 0.314 e. The smallest absolute Gasteiger partial charge is 0.128 e. The number of rotatable bonds is 20. The Labute approximate surface area is 148 Å². The summed E-state index contributed by atoms with van der Waals surface area (Å²) in [7, 11) is 0. The minimum Gasteiger partial charge on any atom is -0.314 e. The molecule has 0 rings (SSSR count). The normalized spacial score (nSPS) is 11.4. The third kappa shape index (κ3) is 21.4. The molecule has 0 N–H and O–H groups in total. The lowest BCUT2D eigenvalue weighted by molar-refractivity contribution is -0.700. The van der Waals surface area contributed by atoms with Gasteiger partial charge in [-0.25, -0.2) is 4.89 Å². The van der Waals surface area contributed by atoms with Gasteiger partial charge in [-0.15, -0.1) is 0 Å². The first-order valence-electron chi connectivity index (χ1n) is 9.81. The number of hydrogen-bond donors (Lipinski definition) is 0. The van der Waals surface area contributed by atoms with Crippen LogP contribution < -0.4 is 0 Å². The van der Waals surface area contributed by atoms with Crippen LogP contribution in [0.15, 0.2) is 12.3 Å². The average molecular weight is 347 g/mol. The molecule has 0 amide bonds. The van der Waals surface area contributed by atoms with Crippen molar-refractivity contribution in [3.8, 4) is 0 Å². The Hall–Kier alpha value is -0.620. The molecule has 0 saturated heterocycles. The maximum Gasteiger partial charge on any atom is 0.128 e. The van der Waals surface area contributed by atoms with Crippen LogP contribution in [0.25, 0.3) is 0 Å². The molecule has 0 bridgehead atoms. The van der Waals surface area contributed by atoms with Gasteiger partial charge in [-0.1, -0.05) is 90.4 Å². The van der Waals surface area contributed by atoms with Crippen LogP contribution in [-0.4, -0.2) is 6.61 Å². The predicted molar refractivity (Wildman–Crippen MR) is 95.4 cm³/mol. The van der Waals surface area contributed by atoms with E-state index in [1.165, 1.54) is 83.3 Å². The molecular weight excluding hydrogens is 308 g/mol. The van der Waals surface area contributed by atoms with Gasteiger partial charge in [0, 0.05) is 10.1 Å². The van der Waals surface area contributed by atoms with E-state index in [0.29, 0.717) is 6.61 Å². The average Bonchev–Trinajstić information content (AvgIpc) is 2.60. The first-order chi connectivity index (χ1) is 11.9. The van der Waals surface area contributed by atoms with Crippen LogP contribution in [-0.2, 0) is 24.9 Å². The quantitative estimate of drug-likeness (QED) is 0.106. The van der Waals surface area contributed by atoms with Crippen LogP contribution in [0.2, 0.25) is 0 Å². The van der Waals surface area contributed by atoms with E-state index in [4.69, 9.17) is 4.89 Å². The van der Waals surface area contributed by atoms with E-state index in [2.05, 4.69) is 26.9 Å². The highest BCUT2D eigenvalue weighted by Crippen LogP contribution is 2.12. The summed E-state index contributed by atoms with van der Waals surface area (Å²) in [6, 6.07) is 0. The van der Waals surface area contributed by atoms with Crippen LogP contribution in [0.5, 0.6) is 0 Å².